The summed E-state index contributed by atoms with van der Waals surface area (Å²) in [7, 11) is 0. The fourth-order valence-electron chi connectivity index (χ4n) is 2.12. The van der Waals surface area contributed by atoms with Gasteiger partial charge in [0.05, 0.1) is 4.92 Å². The topological polar surface area (TPSA) is 113 Å². The minimum absolute atomic E-state index is 0.0287. The molecule has 1 aliphatic rings. The second-order valence-electron chi connectivity index (χ2n) is 4.47. The molecule has 2 N–H and O–H groups in total. The third-order valence-corrected chi connectivity index (χ3v) is 3.14. The molecule has 0 spiro atoms. The van der Waals surface area contributed by atoms with Gasteiger partial charge in [0, 0.05) is 38.2 Å². The van der Waals surface area contributed by atoms with Crippen molar-refractivity contribution >= 4 is 23.3 Å². The Labute approximate surface area is 118 Å². The van der Waals surface area contributed by atoms with Crippen LogP contribution in [0.4, 0.5) is 15.8 Å². The zero-order valence-electron chi connectivity index (χ0n) is 10.8. The molecule has 1 fully saturated rings. The Kier molecular flexibility index (Phi) is 4.01. The molecule has 1 aliphatic heterocycles. The number of nitrogens with zero attached hydrogens (tertiary/aromatic N) is 2. The number of nitro groups is 1. The van der Waals surface area contributed by atoms with Crippen LogP contribution in [0, 0.1) is 15.9 Å². The second kappa shape index (κ2) is 5.73. The minimum atomic E-state index is -1.57. The fourth-order valence-corrected chi connectivity index (χ4v) is 2.12. The molecule has 0 bridgehead atoms. The van der Waals surface area contributed by atoms with Gasteiger partial charge >= 0.3 is 5.97 Å². The molecule has 0 aromatic heterocycles. The first kappa shape index (κ1) is 14.7. The van der Waals surface area contributed by atoms with Gasteiger partial charge in [-0.3, -0.25) is 14.9 Å². The van der Waals surface area contributed by atoms with Crippen molar-refractivity contribution in [3.8, 4) is 0 Å². The second-order valence-corrected chi connectivity index (χ2v) is 4.47. The summed E-state index contributed by atoms with van der Waals surface area (Å²) in [5, 5.41) is 22.5. The first-order chi connectivity index (χ1) is 9.90. The van der Waals surface area contributed by atoms with E-state index in [0.29, 0.717) is 6.07 Å². The number of carboxylic acid groups (broad SMARTS) is 1. The maximum atomic E-state index is 13.8. The number of rotatable bonds is 3. The van der Waals surface area contributed by atoms with Crippen molar-refractivity contribution in [3.05, 3.63) is 33.6 Å². The van der Waals surface area contributed by atoms with Gasteiger partial charge in [0.15, 0.2) is 0 Å². The SMILES string of the molecule is O=C1CCN(c2cc(F)c(C(=O)O)cc2[N+](=O)[O-])CCN1. The summed E-state index contributed by atoms with van der Waals surface area (Å²) in [6, 6.07) is 1.53. The van der Waals surface area contributed by atoms with Crippen molar-refractivity contribution in [1.82, 2.24) is 5.32 Å². The smallest absolute Gasteiger partial charge is 0.338 e. The van der Waals surface area contributed by atoms with Crippen LogP contribution in [0.5, 0.6) is 0 Å². The Morgan fingerprint density at radius 3 is 2.76 bits per heavy atom. The number of nitrogens with one attached hydrogen (secondary N) is 1. The largest absolute Gasteiger partial charge is 0.478 e. The quantitative estimate of drug-likeness (QED) is 0.629. The van der Waals surface area contributed by atoms with Crippen LogP contribution in [0.15, 0.2) is 12.1 Å². The van der Waals surface area contributed by atoms with Crippen molar-refractivity contribution in [1.29, 1.82) is 0 Å². The molecule has 1 saturated heterocycles. The number of hydrogen-bond donors (Lipinski definition) is 2. The highest BCUT2D eigenvalue weighted by molar-refractivity contribution is 5.90. The number of nitro benzene ring substituents is 1. The molecule has 0 saturated carbocycles. The lowest BCUT2D eigenvalue weighted by molar-refractivity contribution is -0.384. The zero-order chi connectivity index (χ0) is 15.6. The number of anilines is 1. The van der Waals surface area contributed by atoms with Crippen LogP contribution >= 0.6 is 0 Å². The Morgan fingerprint density at radius 1 is 1.43 bits per heavy atom. The minimum Gasteiger partial charge on any atom is -0.478 e. The highest BCUT2D eigenvalue weighted by Gasteiger charge is 2.26. The van der Waals surface area contributed by atoms with Gasteiger partial charge in [0.25, 0.3) is 5.69 Å². The van der Waals surface area contributed by atoms with Gasteiger partial charge in [-0.25, -0.2) is 9.18 Å². The number of benzene rings is 1. The summed E-state index contributed by atoms with van der Waals surface area (Å²) < 4.78 is 13.8. The van der Waals surface area contributed by atoms with Gasteiger partial charge in [0.1, 0.15) is 17.1 Å². The maximum Gasteiger partial charge on any atom is 0.338 e. The van der Waals surface area contributed by atoms with Gasteiger partial charge < -0.3 is 15.3 Å². The van der Waals surface area contributed by atoms with Gasteiger partial charge in [-0.05, 0) is 0 Å². The van der Waals surface area contributed by atoms with Gasteiger partial charge in [-0.1, -0.05) is 0 Å². The Balaban J connectivity index is 2.46. The third-order valence-electron chi connectivity index (χ3n) is 3.14. The van der Waals surface area contributed by atoms with Gasteiger partial charge in [-0.15, -0.1) is 0 Å². The molecule has 8 nitrogen and oxygen atoms in total. The number of amides is 1. The van der Waals surface area contributed by atoms with E-state index in [9.17, 15) is 24.1 Å². The van der Waals surface area contributed by atoms with Crippen LogP contribution in [-0.2, 0) is 4.79 Å². The van der Waals surface area contributed by atoms with E-state index in [1.165, 1.54) is 4.90 Å². The van der Waals surface area contributed by atoms with Gasteiger partial charge in [0.2, 0.25) is 5.91 Å². The van der Waals surface area contributed by atoms with Crippen LogP contribution in [0.2, 0.25) is 0 Å². The molecule has 0 aliphatic carbocycles. The first-order valence-electron chi connectivity index (χ1n) is 6.13. The molecule has 1 amide bonds. The first-order valence-corrected chi connectivity index (χ1v) is 6.13. The Morgan fingerprint density at radius 2 is 2.14 bits per heavy atom. The number of carboxylic acids is 1. The molecule has 0 atom stereocenters. The summed E-state index contributed by atoms with van der Waals surface area (Å²) in [4.78, 5) is 33.9. The molecule has 1 heterocycles. The Hall–Kier alpha value is -2.71. The summed E-state index contributed by atoms with van der Waals surface area (Å²) in [6.07, 6.45) is 0.124. The van der Waals surface area contributed by atoms with Crippen molar-refractivity contribution in [2.75, 3.05) is 24.5 Å². The third kappa shape index (κ3) is 3.07. The van der Waals surface area contributed by atoms with Crippen LogP contribution in [0.25, 0.3) is 0 Å². The van der Waals surface area contributed by atoms with E-state index < -0.39 is 28.0 Å². The molecular formula is C12H12FN3O5. The molecule has 1 aromatic rings. The predicted molar refractivity (Wildman–Crippen MR) is 69.9 cm³/mol. The van der Waals surface area contributed by atoms with Crippen molar-refractivity contribution in [2.24, 2.45) is 0 Å². The molecule has 0 unspecified atom stereocenters. The van der Waals surface area contributed by atoms with Crippen molar-refractivity contribution in [2.45, 2.75) is 6.42 Å². The van der Waals surface area contributed by atoms with Gasteiger partial charge in [-0.2, -0.15) is 0 Å². The lowest BCUT2D eigenvalue weighted by Gasteiger charge is -2.21. The van der Waals surface area contributed by atoms with Crippen molar-refractivity contribution < 1.29 is 24.0 Å². The molecule has 2 rings (SSSR count). The maximum absolute atomic E-state index is 13.8. The molecule has 9 heteroatoms. The summed E-state index contributed by atoms with van der Waals surface area (Å²) in [5.74, 6) is -2.82. The summed E-state index contributed by atoms with van der Waals surface area (Å²) in [6.45, 7) is 0.745. The van der Waals surface area contributed by atoms with E-state index in [2.05, 4.69) is 5.32 Å². The summed E-state index contributed by atoms with van der Waals surface area (Å²) in [5.41, 5.74) is -1.28. The average Bonchev–Trinajstić information content (AvgIpc) is 2.62. The average molecular weight is 297 g/mol. The number of carbonyl (C=O) groups excluding carboxylic acids is 1. The Bertz CT molecular complexity index is 619. The lowest BCUT2D eigenvalue weighted by atomic mass is 10.1. The van der Waals surface area contributed by atoms with Crippen LogP contribution in [0.1, 0.15) is 16.8 Å². The number of hydrogen-bond acceptors (Lipinski definition) is 5. The molecular weight excluding hydrogens is 285 g/mol. The predicted octanol–water partition coefficient (Wildman–Crippen LogP) is 0.758. The van der Waals surface area contributed by atoms with E-state index in [1.807, 2.05) is 0 Å². The molecule has 112 valence electrons. The molecule has 1 aromatic carbocycles. The number of halogens is 1. The number of aromatic carboxylic acids is 1. The van der Waals surface area contributed by atoms with Crippen LogP contribution in [-0.4, -0.2) is 41.5 Å². The summed E-state index contributed by atoms with van der Waals surface area (Å²) >= 11 is 0. The van der Waals surface area contributed by atoms with Crippen molar-refractivity contribution in [3.63, 3.8) is 0 Å². The highest BCUT2D eigenvalue weighted by Crippen LogP contribution is 2.31. The van der Waals surface area contributed by atoms with E-state index in [1.54, 1.807) is 0 Å². The standard InChI is InChI=1S/C12H12FN3O5/c13-8-6-9(15-3-1-11(17)14-2-4-15)10(16(20)21)5-7(8)12(18)19/h5-6H,1-4H2,(H,14,17)(H,18,19). The zero-order valence-corrected chi connectivity index (χ0v) is 10.8. The van der Waals surface area contributed by atoms with E-state index in [4.69, 9.17) is 5.11 Å². The van der Waals surface area contributed by atoms with E-state index in [-0.39, 0.29) is 37.6 Å². The number of carbonyl (C=O) groups is 2. The van der Waals surface area contributed by atoms with E-state index >= 15 is 0 Å². The van der Waals surface area contributed by atoms with Crippen LogP contribution in [0.3, 0.4) is 0 Å². The molecule has 0 radical (unpaired) electrons. The monoisotopic (exact) mass is 297 g/mol. The van der Waals surface area contributed by atoms with Crippen LogP contribution < -0.4 is 10.2 Å². The highest BCUT2D eigenvalue weighted by atomic mass is 19.1. The lowest BCUT2D eigenvalue weighted by Crippen LogP contribution is -2.29. The normalized spacial score (nSPS) is 15.3. The fraction of sp³-hybridized carbons (Fsp3) is 0.333. The molecule has 21 heavy (non-hydrogen) atoms. The van der Waals surface area contributed by atoms with E-state index in [0.717, 1.165) is 6.07 Å².